The van der Waals surface area contributed by atoms with Crippen molar-refractivity contribution in [2.24, 2.45) is 0 Å². The van der Waals surface area contributed by atoms with Crippen molar-refractivity contribution < 1.29 is 27.6 Å². The van der Waals surface area contributed by atoms with E-state index in [1.54, 1.807) is 11.0 Å². The van der Waals surface area contributed by atoms with E-state index in [-0.39, 0.29) is 37.2 Å². The SMILES string of the molecule is COCc1cc(CN(CC(=O)O)C2CCS(=O)(=O)C2)no1. The highest BCUT2D eigenvalue weighted by Gasteiger charge is 2.33. The van der Waals surface area contributed by atoms with Gasteiger partial charge in [0.25, 0.3) is 0 Å². The predicted molar refractivity (Wildman–Crippen MR) is 72.3 cm³/mol. The number of aromatic nitrogens is 1. The molecule has 2 heterocycles. The molecule has 1 saturated heterocycles. The van der Waals surface area contributed by atoms with Crippen molar-refractivity contribution in [2.75, 3.05) is 25.2 Å². The fourth-order valence-electron chi connectivity index (χ4n) is 2.40. The number of carbonyl (C=O) groups is 1. The van der Waals surface area contributed by atoms with Gasteiger partial charge in [-0.15, -0.1) is 0 Å². The number of nitrogens with zero attached hydrogens (tertiary/aromatic N) is 2. The molecule has 0 bridgehead atoms. The van der Waals surface area contributed by atoms with Gasteiger partial charge in [-0.05, 0) is 6.42 Å². The van der Waals surface area contributed by atoms with Crippen molar-refractivity contribution in [3.05, 3.63) is 17.5 Å². The summed E-state index contributed by atoms with van der Waals surface area (Å²) in [4.78, 5) is 12.6. The number of sulfone groups is 1. The van der Waals surface area contributed by atoms with Gasteiger partial charge in [-0.25, -0.2) is 8.42 Å². The monoisotopic (exact) mass is 318 g/mol. The quantitative estimate of drug-likeness (QED) is 0.742. The van der Waals surface area contributed by atoms with Crippen LogP contribution in [0.25, 0.3) is 0 Å². The first-order valence-electron chi connectivity index (χ1n) is 6.49. The fourth-order valence-corrected chi connectivity index (χ4v) is 4.16. The van der Waals surface area contributed by atoms with Crippen LogP contribution < -0.4 is 0 Å². The number of rotatable bonds is 7. The van der Waals surface area contributed by atoms with Crippen LogP contribution in [-0.4, -0.2) is 60.8 Å². The van der Waals surface area contributed by atoms with Crippen molar-refractivity contribution in [1.29, 1.82) is 0 Å². The zero-order valence-electron chi connectivity index (χ0n) is 11.7. The molecule has 1 N–H and O–H groups in total. The van der Waals surface area contributed by atoms with E-state index >= 15 is 0 Å². The van der Waals surface area contributed by atoms with E-state index in [0.717, 1.165) is 0 Å². The third kappa shape index (κ3) is 4.51. The van der Waals surface area contributed by atoms with Crippen LogP contribution >= 0.6 is 0 Å². The van der Waals surface area contributed by atoms with Gasteiger partial charge < -0.3 is 14.4 Å². The van der Waals surface area contributed by atoms with Crippen LogP contribution in [0.15, 0.2) is 10.6 Å². The second kappa shape index (κ2) is 6.54. The molecule has 118 valence electrons. The van der Waals surface area contributed by atoms with E-state index in [2.05, 4.69) is 5.16 Å². The first-order chi connectivity index (χ1) is 9.89. The Kier molecular flexibility index (Phi) is 4.96. The Balaban J connectivity index is 2.07. The zero-order valence-corrected chi connectivity index (χ0v) is 12.5. The Bertz CT molecular complexity index is 597. The number of hydrogen-bond donors (Lipinski definition) is 1. The van der Waals surface area contributed by atoms with Crippen LogP contribution in [0.2, 0.25) is 0 Å². The summed E-state index contributed by atoms with van der Waals surface area (Å²) in [5.41, 5.74) is 0.563. The Hall–Kier alpha value is -1.45. The van der Waals surface area contributed by atoms with E-state index in [4.69, 9.17) is 14.4 Å². The number of carboxylic acids is 1. The molecule has 1 atom stereocenters. The van der Waals surface area contributed by atoms with Gasteiger partial charge in [-0.2, -0.15) is 0 Å². The van der Waals surface area contributed by atoms with Crippen LogP contribution in [0.5, 0.6) is 0 Å². The van der Waals surface area contributed by atoms with E-state index in [9.17, 15) is 13.2 Å². The number of aliphatic carboxylic acids is 1. The van der Waals surface area contributed by atoms with Crippen LogP contribution in [0.1, 0.15) is 17.9 Å². The third-order valence-electron chi connectivity index (χ3n) is 3.32. The van der Waals surface area contributed by atoms with Gasteiger partial charge in [0.2, 0.25) is 0 Å². The summed E-state index contributed by atoms with van der Waals surface area (Å²) in [6.45, 7) is 0.288. The van der Waals surface area contributed by atoms with Crippen LogP contribution in [0.3, 0.4) is 0 Å². The highest BCUT2D eigenvalue weighted by atomic mass is 32.2. The molecule has 1 aromatic rings. The van der Waals surface area contributed by atoms with Crippen molar-refractivity contribution in [3.8, 4) is 0 Å². The molecule has 0 saturated carbocycles. The lowest BCUT2D eigenvalue weighted by Crippen LogP contribution is -2.39. The molecule has 0 aliphatic carbocycles. The number of ether oxygens (including phenoxy) is 1. The standard InChI is InChI=1S/C12H18N2O6S/c1-19-7-11-4-9(13-20-11)5-14(6-12(15)16)10-2-3-21(17,18)8-10/h4,10H,2-3,5-8H2,1H3,(H,15,16). The van der Waals surface area contributed by atoms with Gasteiger partial charge in [0.15, 0.2) is 15.6 Å². The Morgan fingerprint density at radius 3 is 2.95 bits per heavy atom. The first kappa shape index (κ1) is 15.9. The Morgan fingerprint density at radius 2 is 2.38 bits per heavy atom. The van der Waals surface area contributed by atoms with E-state index < -0.39 is 15.8 Å². The van der Waals surface area contributed by atoms with Gasteiger partial charge >= 0.3 is 5.97 Å². The molecule has 0 amide bonds. The molecule has 1 aliphatic rings. The van der Waals surface area contributed by atoms with Gasteiger partial charge in [0.1, 0.15) is 6.61 Å². The summed E-state index contributed by atoms with van der Waals surface area (Å²) in [5.74, 6) is -0.369. The minimum atomic E-state index is -3.07. The topological polar surface area (TPSA) is 110 Å². The predicted octanol–water partition coefficient (Wildman–Crippen LogP) is -0.105. The maximum absolute atomic E-state index is 11.5. The third-order valence-corrected chi connectivity index (χ3v) is 5.07. The number of hydrogen-bond acceptors (Lipinski definition) is 7. The van der Waals surface area contributed by atoms with Gasteiger partial charge in [0, 0.05) is 25.8 Å². The largest absolute Gasteiger partial charge is 0.480 e. The second-order valence-electron chi connectivity index (χ2n) is 5.07. The summed E-state index contributed by atoms with van der Waals surface area (Å²) in [6, 6.07) is 1.38. The van der Waals surface area contributed by atoms with Crippen molar-refractivity contribution >= 4 is 15.8 Å². The molecule has 0 aromatic carbocycles. The highest BCUT2D eigenvalue weighted by Crippen LogP contribution is 2.20. The molecular formula is C12H18N2O6S. The molecule has 1 fully saturated rings. The maximum Gasteiger partial charge on any atom is 0.317 e. The smallest absolute Gasteiger partial charge is 0.317 e. The number of methoxy groups -OCH3 is 1. The van der Waals surface area contributed by atoms with E-state index in [1.165, 1.54) is 7.11 Å². The van der Waals surface area contributed by atoms with E-state index in [1.807, 2.05) is 0 Å². The Morgan fingerprint density at radius 1 is 1.62 bits per heavy atom. The average Bonchev–Trinajstić information content (AvgIpc) is 2.95. The van der Waals surface area contributed by atoms with Crippen LogP contribution in [-0.2, 0) is 32.5 Å². The second-order valence-corrected chi connectivity index (χ2v) is 7.30. The molecule has 9 heteroatoms. The lowest BCUT2D eigenvalue weighted by Gasteiger charge is -2.24. The summed E-state index contributed by atoms with van der Waals surface area (Å²) >= 11 is 0. The van der Waals surface area contributed by atoms with Gasteiger partial charge in [0.05, 0.1) is 23.7 Å². The van der Waals surface area contributed by atoms with Crippen molar-refractivity contribution in [2.45, 2.75) is 25.6 Å². The molecular weight excluding hydrogens is 300 g/mol. The van der Waals surface area contributed by atoms with Crippen molar-refractivity contribution in [1.82, 2.24) is 10.1 Å². The van der Waals surface area contributed by atoms with Gasteiger partial charge in [-0.3, -0.25) is 9.69 Å². The summed E-state index contributed by atoms with van der Waals surface area (Å²) in [5, 5.41) is 12.8. The van der Waals surface area contributed by atoms with E-state index in [0.29, 0.717) is 17.9 Å². The van der Waals surface area contributed by atoms with Crippen molar-refractivity contribution in [3.63, 3.8) is 0 Å². The average molecular weight is 318 g/mol. The Labute approximate surface area is 122 Å². The normalized spacial score (nSPS) is 21.0. The highest BCUT2D eigenvalue weighted by molar-refractivity contribution is 7.91. The molecule has 0 radical (unpaired) electrons. The summed E-state index contributed by atoms with van der Waals surface area (Å²) < 4.78 is 33.1. The first-order valence-corrected chi connectivity index (χ1v) is 8.31. The zero-order chi connectivity index (χ0) is 15.5. The number of carboxylic acid groups (broad SMARTS) is 1. The molecule has 2 rings (SSSR count). The maximum atomic E-state index is 11.5. The van der Waals surface area contributed by atoms with Gasteiger partial charge in [-0.1, -0.05) is 5.16 Å². The molecule has 21 heavy (non-hydrogen) atoms. The molecule has 1 aliphatic heterocycles. The minimum absolute atomic E-state index is 0.0109. The van der Waals surface area contributed by atoms with Crippen LogP contribution in [0.4, 0.5) is 0 Å². The molecule has 8 nitrogen and oxygen atoms in total. The lowest BCUT2D eigenvalue weighted by atomic mass is 10.2. The van der Waals surface area contributed by atoms with Crippen LogP contribution in [0, 0.1) is 0 Å². The summed E-state index contributed by atoms with van der Waals surface area (Å²) in [7, 11) is -1.54. The summed E-state index contributed by atoms with van der Waals surface area (Å²) in [6.07, 6.45) is 0.443. The molecule has 0 spiro atoms. The minimum Gasteiger partial charge on any atom is -0.480 e. The molecule has 1 aromatic heterocycles. The lowest BCUT2D eigenvalue weighted by molar-refractivity contribution is -0.139. The fraction of sp³-hybridized carbons (Fsp3) is 0.667. The molecule has 1 unspecified atom stereocenters.